The lowest BCUT2D eigenvalue weighted by Gasteiger charge is -2.26. The van der Waals surface area contributed by atoms with Gasteiger partial charge in [0.2, 0.25) is 0 Å². The molecule has 2 aromatic carbocycles. The van der Waals surface area contributed by atoms with Gasteiger partial charge in [0.05, 0.1) is 12.1 Å². The van der Waals surface area contributed by atoms with Crippen LogP contribution in [0.4, 0.5) is 0 Å². The number of carbonyl (C=O) groups is 1. The van der Waals surface area contributed by atoms with Crippen molar-refractivity contribution in [1.82, 2.24) is 9.88 Å². The second-order valence-electron chi connectivity index (χ2n) is 7.38. The summed E-state index contributed by atoms with van der Waals surface area (Å²) in [6, 6.07) is 18.5. The van der Waals surface area contributed by atoms with Crippen LogP contribution < -0.4 is 10.1 Å². The molecule has 0 bridgehead atoms. The summed E-state index contributed by atoms with van der Waals surface area (Å²) in [6.45, 7) is 4.91. The summed E-state index contributed by atoms with van der Waals surface area (Å²) in [7, 11) is 0. The Morgan fingerprint density at radius 1 is 1.22 bits per heavy atom. The van der Waals surface area contributed by atoms with Crippen LogP contribution in [0.1, 0.15) is 42.7 Å². The van der Waals surface area contributed by atoms with Crippen molar-refractivity contribution in [2.45, 2.75) is 51.8 Å². The highest BCUT2D eigenvalue weighted by molar-refractivity contribution is 6.00. The number of nitrogens with zero attached hydrogens (tertiary/aromatic N) is 1. The topological polar surface area (TPSA) is 43.3 Å². The number of para-hydroxylation sites is 1. The van der Waals surface area contributed by atoms with Crippen molar-refractivity contribution >= 4 is 16.8 Å². The van der Waals surface area contributed by atoms with Crippen LogP contribution in [0.25, 0.3) is 10.9 Å². The van der Waals surface area contributed by atoms with E-state index in [1.54, 1.807) is 0 Å². The summed E-state index contributed by atoms with van der Waals surface area (Å²) in [5, 5.41) is 4.24. The zero-order valence-corrected chi connectivity index (χ0v) is 15.9. The number of amides is 1. The molecule has 1 aromatic heterocycles. The normalized spacial score (nSPS) is 16.7. The number of aryl methyl sites for hydroxylation is 1. The highest BCUT2D eigenvalue weighted by Gasteiger charge is 2.26. The van der Waals surface area contributed by atoms with Crippen molar-refractivity contribution in [3.05, 3.63) is 65.9 Å². The summed E-state index contributed by atoms with van der Waals surface area (Å²) in [5.74, 6) is 0.872. The molecule has 0 saturated heterocycles. The Labute approximate surface area is 160 Å². The van der Waals surface area contributed by atoms with Gasteiger partial charge in [0.25, 0.3) is 5.91 Å². The van der Waals surface area contributed by atoms with E-state index in [1.165, 1.54) is 5.56 Å². The SMILES string of the molecule is CC[C@H]1Cn2c(C(=O)N[C@H](C)CCc3ccccc3)cc3cccc(c32)O1. The minimum absolute atomic E-state index is 0.00513. The van der Waals surface area contributed by atoms with Gasteiger partial charge >= 0.3 is 0 Å². The maximum atomic E-state index is 13.0. The van der Waals surface area contributed by atoms with E-state index >= 15 is 0 Å². The fourth-order valence-corrected chi connectivity index (χ4v) is 3.79. The predicted octanol–water partition coefficient (Wildman–Crippen LogP) is 4.56. The lowest BCUT2D eigenvalue weighted by Crippen LogP contribution is -2.36. The Balaban J connectivity index is 1.51. The Morgan fingerprint density at radius 3 is 2.81 bits per heavy atom. The number of ether oxygens (including phenoxy) is 1. The van der Waals surface area contributed by atoms with Gasteiger partial charge < -0.3 is 14.6 Å². The summed E-state index contributed by atoms with van der Waals surface area (Å²) in [4.78, 5) is 13.0. The van der Waals surface area contributed by atoms with Crippen molar-refractivity contribution in [1.29, 1.82) is 0 Å². The van der Waals surface area contributed by atoms with E-state index in [0.29, 0.717) is 0 Å². The Bertz CT molecular complexity index is 946. The van der Waals surface area contributed by atoms with E-state index in [2.05, 4.69) is 48.0 Å². The van der Waals surface area contributed by atoms with Crippen molar-refractivity contribution in [3.63, 3.8) is 0 Å². The van der Waals surface area contributed by atoms with Crippen LogP contribution in [0.3, 0.4) is 0 Å². The summed E-state index contributed by atoms with van der Waals surface area (Å²) < 4.78 is 8.19. The van der Waals surface area contributed by atoms with Crippen molar-refractivity contribution in [3.8, 4) is 5.75 Å². The highest BCUT2D eigenvalue weighted by atomic mass is 16.5. The molecule has 0 spiro atoms. The summed E-state index contributed by atoms with van der Waals surface area (Å²) >= 11 is 0. The fourth-order valence-electron chi connectivity index (χ4n) is 3.79. The second kappa shape index (κ2) is 7.47. The van der Waals surface area contributed by atoms with Crippen LogP contribution in [0.5, 0.6) is 5.75 Å². The van der Waals surface area contributed by atoms with Crippen molar-refractivity contribution in [2.24, 2.45) is 0 Å². The van der Waals surface area contributed by atoms with Gasteiger partial charge in [0.15, 0.2) is 0 Å². The minimum Gasteiger partial charge on any atom is -0.486 e. The summed E-state index contributed by atoms with van der Waals surface area (Å²) in [5.41, 5.74) is 3.06. The lowest BCUT2D eigenvalue weighted by molar-refractivity contribution is 0.0922. The second-order valence-corrected chi connectivity index (χ2v) is 7.38. The van der Waals surface area contributed by atoms with Crippen LogP contribution in [0.2, 0.25) is 0 Å². The van der Waals surface area contributed by atoms with E-state index in [0.717, 1.165) is 48.2 Å². The molecule has 0 aliphatic carbocycles. The average molecular weight is 362 g/mol. The molecule has 140 valence electrons. The molecule has 4 heteroatoms. The monoisotopic (exact) mass is 362 g/mol. The highest BCUT2D eigenvalue weighted by Crippen LogP contribution is 2.34. The quantitative estimate of drug-likeness (QED) is 0.698. The minimum atomic E-state index is -0.00513. The van der Waals surface area contributed by atoms with Crippen molar-refractivity contribution < 1.29 is 9.53 Å². The fraction of sp³-hybridized carbons (Fsp3) is 0.348. The molecule has 4 nitrogen and oxygen atoms in total. The molecule has 2 atom stereocenters. The van der Waals surface area contributed by atoms with Gasteiger partial charge in [-0.2, -0.15) is 0 Å². The van der Waals surface area contributed by atoms with Gasteiger partial charge in [-0.15, -0.1) is 0 Å². The molecule has 4 rings (SSSR count). The molecule has 0 unspecified atom stereocenters. The number of hydrogen-bond donors (Lipinski definition) is 1. The van der Waals surface area contributed by atoms with Gasteiger partial charge in [-0.25, -0.2) is 0 Å². The predicted molar refractivity (Wildman–Crippen MR) is 108 cm³/mol. The molecule has 1 aliphatic heterocycles. The Morgan fingerprint density at radius 2 is 2.04 bits per heavy atom. The van der Waals surface area contributed by atoms with Gasteiger partial charge in [-0.3, -0.25) is 4.79 Å². The molecule has 1 aliphatic rings. The number of rotatable bonds is 6. The molecule has 0 fully saturated rings. The van der Waals surface area contributed by atoms with Crippen LogP contribution in [0.15, 0.2) is 54.6 Å². The zero-order valence-electron chi connectivity index (χ0n) is 15.9. The molecule has 3 aromatic rings. The van der Waals surface area contributed by atoms with E-state index in [4.69, 9.17) is 4.74 Å². The Kier molecular flexibility index (Phi) is 4.88. The average Bonchev–Trinajstić information content (AvgIpc) is 3.07. The number of nitrogens with one attached hydrogen (secondary N) is 1. The number of aromatic nitrogens is 1. The van der Waals surface area contributed by atoms with E-state index in [9.17, 15) is 4.79 Å². The third-order valence-corrected chi connectivity index (χ3v) is 5.34. The largest absolute Gasteiger partial charge is 0.486 e. The maximum Gasteiger partial charge on any atom is 0.268 e. The molecular formula is C23H26N2O2. The standard InChI is InChI=1S/C23H26N2O2/c1-3-19-15-25-20(14-18-10-7-11-21(27-19)22(18)25)23(26)24-16(2)12-13-17-8-5-4-6-9-17/h4-11,14,16,19H,3,12-13,15H2,1-2H3,(H,24,26)/t16-,19+/m1/s1. The summed E-state index contributed by atoms with van der Waals surface area (Å²) in [6.07, 6.45) is 2.91. The van der Waals surface area contributed by atoms with Crippen LogP contribution in [-0.2, 0) is 13.0 Å². The molecule has 27 heavy (non-hydrogen) atoms. The molecule has 1 amide bonds. The first kappa shape index (κ1) is 17.7. The van der Waals surface area contributed by atoms with Crippen LogP contribution in [-0.4, -0.2) is 22.6 Å². The molecule has 0 saturated carbocycles. The van der Waals surface area contributed by atoms with Gasteiger partial charge in [0, 0.05) is 11.4 Å². The number of carbonyl (C=O) groups excluding carboxylic acids is 1. The van der Waals surface area contributed by atoms with E-state index in [-0.39, 0.29) is 18.1 Å². The van der Waals surface area contributed by atoms with Crippen molar-refractivity contribution in [2.75, 3.05) is 0 Å². The lowest BCUT2D eigenvalue weighted by atomic mass is 10.1. The van der Waals surface area contributed by atoms with Gasteiger partial charge in [-0.05, 0) is 43.9 Å². The molecule has 2 heterocycles. The van der Waals surface area contributed by atoms with Gasteiger partial charge in [0.1, 0.15) is 17.5 Å². The van der Waals surface area contributed by atoms with E-state index < -0.39 is 0 Å². The third-order valence-electron chi connectivity index (χ3n) is 5.34. The van der Waals surface area contributed by atoms with Crippen LogP contribution in [0, 0.1) is 0 Å². The molecule has 1 N–H and O–H groups in total. The number of benzene rings is 2. The first-order valence-electron chi connectivity index (χ1n) is 9.79. The number of hydrogen-bond acceptors (Lipinski definition) is 2. The van der Waals surface area contributed by atoms with Crippen LogP contribution >= 0.6 is 0 Å². The van der Waals surface area contributed by atoms with Gasteiger partial charge in [-0.1, -0.05) is 49.4 Å². The maximum absolute atomic E-state index is 13.0. The third kappa shape index (κ3) is 3.57. The molecular weight excluding hydrogens is 336 g/mol. The zero-order chi connectivity index (χ0) is 18.8. The first-order chi connectivity index (χ1) is 13.2. The van der Waals surface area contributed by atoms with E-state index in [1.807, 2.05) is 30.3 Å². The molecule has 0 radical (unpaired) electrons. The smallest absolute Gasteiger partial charge is 0.268 e. The first-order valence-corrected chi connectivity index (χ1v) is 9.79. The Hall–Kier alpha value is -2.75.